The Morgan fingerprint density at radius 2 is 2.04 bits per heavy atom. The molecule has 0 bridgehead atoms. The predicted molar refractivity (Wildman–Crippen MR) is 112 cm³/mol. The molecular weight excluding hydrogens is 374 g/mol. The first-order valence-electron chi connectivity index (χ1n) is 10.3. The van der Waals surface area contributed by atoms with E-state index < -0.39 is 10.0 Å². The van der Waals surface area contributed by atoms with Crippen molar-refractivity contribution in [3.8, 4) is 0 Å². The molecule has 0 atom stereocenters. The van der Waals surface area contributed by atoms with Crippen molar-refractivity contribution in [2.24, 2.45) is 5.10 Å². The Labute approximate surface area is 168 Å². The molecule has 1 aliphatic heterocycles. The van der Waals surface area contributed by atoms with Crippen LogP contribution in [0.4, 0.5) is 5.82 Å². The van der Waals surface area contributed by atoms with E-state index in [0.29, 0.717) is 18.9 Å². The first kappa shape index (κ1) is 21.0. The zero-order valence-electron chi connectivity index (χ0n) is 16.9. The molecule has 1 saturated heterocycles. The fourth-order valence-electron chi connectivity index (χ4n) is 3.58. The van der Waals surface area contributed by atoms with Gasteiger partial charge in [0.1, 0.15) is 10.7 Å². The number of nitrogens with one attached hydrogen (secondary N) is 2. The molecule has 1 fully saturated rings. The number of pyridine rings is 1. The fourth-order valence-corrected chi connectivity index (χ4v) is 4.97. The summed E-state index contributed by atoms with van der Waals surface area (Å²) >= 11 is 0. The molecular formula is C20H32N5O2S+. The molecule has 0 radical (unpaired) electrons. The fraction of sp³-hybridized carbons (Fsp3) is 0.600. The van der Waals surface area contributed by atoms with Crippen LogP contribution in [0.15, 0.2) is 40.0 Å². The molecule has 2 aliphatic rings. The maximum Gasteiger partial charge on any atom is 0.245 e. The summed E-state index contributed by atoms with van der Waals surface area (Å²) in [6, 6.07) is 3.30. The van der Waals surface area contributed by atoms with Crippen LogP contribution in [-0.2, 0) is 10.0 Å². The molecule has 1 aromatic rings. The zero-order valence-corrected chi connectivity index (χ0v) is 17.8. The normalized spacial score (nSPS) is 20.5. The highest BCUT2D eigenvalue weighted by Crippen LogP contribution is 2.22. The molecule has 28 heavy (non-hydrogen) atoms. The number of hydrogen-bond donors (Lipinski definition) is 2. The monoisotopic (exact) mass is 406 g/mol. The van der Waals surface area contributed by atoms with E-state index >= 15 is 0 Å². The molecule has 0 amide bonds. The van der Waals surface area contributed by atoms with E-state index in [-0.39, 0.29) is 4.90 Å². The Morgan fingerprint density at radius 3 is 2.71 bits per heavy atom. The number of aromatic nitrogens is 1. The van der Waals surface area contributed by atoms with Gasteiger partial charge in [-0.2, -0.15) is 9.41 Å². The van der Waals surface area contributed by atoms with Gasteiger partial charge in [-0.25, -0.2) is 13.4 Å². The summed E-state index contributed by atoms with van der Waals surface area (Å²) < 4.78 is 27.1. The lowest BCUT2D eigenvalue weighted by Crippen LogP contribution is -3.12. The van der Waals surface area contributed by atoms with Crippen LogP contribution in [0.3, 0.4) is 0 Å². The average Bonchev–Trinajstić information content (AvgIpc) is 3.15. The largest absolute Gasteiger partial charge is 0.335 e. The highest BCUT2D eigenvalue weighted by molar-refractivity contribution is 7.89. The zero-order chi connectivity index (χ0) is 20.0. The molecule has 2 heterocycles. The molecule has 0 unspecified atom stereocenters. The second-order valence-electron chi connectivity index (χ2n) is 7.64. The van der Waals surface area contributed by atoms with Gasteiger partial charge >= 0.3 is 0 Å². The van der Waals surface area contributed by atoms with Crippen LogP contribution in [0, 0.1) is 0 Å². The number of sulfonamides is 1. The molecule has 0 aromatic carbocycles. The first-order chi connectivity index (χ1) is 13.5. The number of hydrogen-bond acceptors (Lipinski definition) is 5. The van der Waals surface area contributed by atoms with Crippen LogP contribution in [0.1, 0.15) is 45.4 Å². The third-order valence-corrected chi connectivity index (χ3v) is 7.33. The van der Waals surface area contributed by atoms with Gasteiger partial charge in [-0.15, -0.1) is 0 Å². The third kappa shape index (κ3) is 5.18. The lowest BCUT2D eigenvalue weighted by molar-refractivity contribution is -0.883. The van der Waals surface area contributed by atoms with Crippen molar-refractivity contribution in [2.45, 2.75) is 50.3 Å². The van der Waals surface area contributed by atoms with Crippen LogP contribution < -0.4 is 10.3 Å². The van der Waals surface area contributed by atoms with Crippen LogP contribution in [-0.4, -0.2) is 56.6 Å². The van der Waals surface area contributed by atoms with Crippen molar-refractivity contribution < 1.29 is 13.3 Å². The average molecular weight is 407 g/mol. The minimum Gasteiger partial charge on any atom is -0.335 e. The van der Waals surface area contributed by atoms with Gasteiger partial charge in [0.25, 0.3) is 0 Å². The molecule has 1 aromatic heterocycles. The predicted octanol–water partition coefficient (Wildman–Crippen LogP) is 1.67. The summed E-state index contributed by atoms with van der Waals surface area (Å²) in [7, 11) is -1.38. The lowest BCUT2D eigenvalue weighted by Gasteiger charge is -2.29. The van der Waals surface area contributed by atoms with E-state index in [4.69, 9.17) is 0 Å². The standard InChI is InChI=1S/C20H31N5O2S/c1-3-4-5-7-17-8-6-9-19(17)22-23-20-11-10-18(16-21-20)28(26,27)25-14-12-24(2)13-15-25/h8,10-11,16H,3-7,9,12-15H2,1-2H3,(H,21,23)/p+1/b22-19-. The van der Waals surface area contributed by atoms with Crippen LogP contribution in [0.5, 0.6) is 0 Å². The summed E-state index contributed by atoms with van der Waals surface area (Å²) in [5.74, 6) is 0.564. The Balaban J connectivity index is 1.61. The van der Waals surface area contributed by atoms with Crippen molar-refractivity contribution in [2.75, 3.05) is 38.7 Å². The van der Waals surface area contributed by atoms with Crippen molar-refractivity contribution in [3.05, 3.63) is 30.0 Å². The Morgan fingerprint density at radius 1 is 1.25 bits per heavy atom. The van der Waals surface area contributed by atoms with E-state index in [1.807, 2.05) is 0 Å². The van der Waals surface area contributed by atoms with E-state index in [2.05, 4.69) is 35.6 Å². The summed E-state index contributed by atoms with van der Waals surface area (Å²) in [4.78, 5) is 5.87. The van der Waals surface area contributed by atoms with Gasteiger partial charge in [0, 0.05) is 6.20 Å². The molecule has 1 aliphatic carbocycles. The van der Waals surface area contributed by atoms with Gasteiger partial charge in [-0.3, -0.25) is 5.43 Å². The molecule has 154 valence electrons. The summed E-state index contributed by atoms with van der Waals surface area (Å²) in [5.41, 5.74) is 5.42. The molecule has 0 spiro atoms. The van der Waals surface area contributed by atoms with E-state index in [1.54, 1.807) is 16.4 Å². The number of unbranched alkanes of at least 4 members (excludes halogenated alkanes) is 2. The topological polar surface area (TPSA) is 79.1 Å². The smallest absolute Gasteiger partial charge is 0.245 e. The van der Waals surface area contributed by atoms with Gasteiger partial charge in [-0.1, -0.05) is 25.8 Å². The van der Waals surface area contributed by atoms with Crippen LogP contribution in [0.2, 0.25) is 0 Å². The van der Waals surface area contributed by atoms with E-state index in [0.717, 1.165) is 38.1 Å². The number of allylic oxidation sites excluding steroid dienone is 2. The minimum atomic E-state index is -3.47. The lowest BCUT2D eigenvalue weighted by atomic mass is 10.1. The summed E-state index contributed by atoms with van der Waals surface area (Å²) in [6.45, 7) is 4.97. The van der Waals surface area contributed by atoms with Crippen molar-refractivity contribution >= 4 is 21.6 Å². The quantitative estimate of drug-likeness (QED) is 0.508. The second-order valence-corrected chi connectivity index (χ2v) is 9.57. The maximum atomic E-state index is 12.8. The van der Waals surface area contributed by atoms with Gasteiger partial charge < -0.3 is 4.90 Å². The van der Waals surface area contributed by atoms with Crippen LogP contribution >= 0.6 is 0 Å². The first-order valence-corrected chi connectivity index (χ1v) is 11.7. The van der Waals surface area contributed by atoms with Gasteiger partial charge in [0.05, 0.1) is 38.9 Å². The highest BCUT2D eigenvalue weighted by Gasteiger charge is 2.29. The number of likely N-dealkylation sites (N-methyl/N-ethyl adjacent to an activating group) is 1. The number of piperazine rings is 1. The van der Waals surface area contributed by atoms with Crippen molar-refractivity contribution in [1.82, 2.24) is 9.29 Å². The molecule has 7 nitrogen and oxygen atoms in total. The van der Waals surface area contributed by atoms with Crippen molar-refractivity contribution in [1.29, 1.82) is 0 Å². The third-order valence-electron chi connectivity index (χ3n) is 5.45. The maximum absolute atomic E-state index is 12.8. The number of anilines is 1. The number of rotatable bonds is 8. The SMILES string of the molecule is CCCCCC1=CCC/C1=N/Nc1ccc(S(=O)(=O)N2CC[NH+](C)CC2)cn1. The van der Waals surface area contributed by atoms with Crippen molar-refractivity contribution in [3.63, 3.8) is 0 Å². The summed E-state index contributed by atoms with van der Waals surface area (Å²) in [6.07, 6.45) is 10.4. The van der Waals surface area contributed by atoms with E-state index in [1.165, 1.54) is 35.9 Å². The molecule has 2 N–H and O–H groups in total. The highest BCUT2D eigenvalue weighted by atomic mass is 32.2. The molecule has 8 heteroatoms. The van der Waals surface area contributed by atoms with Crippen LogP contribution in [0.25, 0.3) is 0 Å². The Hall–Kier alpha value is -1.77. The Kier molecular flexibility index (Phi) is 7.20. The number of nitrogens with zero attached hydrogens (tertiary/aromatic N) is 3. The molecule has 0 saturated carbocycles. The van der Waals surface area contributed by atoms with Gasteiger partial charge in [0.15, 0.2) is 0 Å². The number of quaternary nitrogens is 1. The Bertz CT molecular complexity index is 810. The molecule has 3 rings (SSSR count). The number of hydrazone groups is 1. The minimum absolute atomic E-state index is 0.242. The van der Waals surface area contributed by atoms with Gasteiger partial charge in [-0.05, 0) is 43.4 Å². The summed E-state index contributed by atoms with van der Waals surface area (Å²) in [5, 5.41) is 4.52. The van der Waals surface area contributed by atoms with E-state index in [9.17, 15) is 8.42 Å². The second kappa shape index (κ2) is 9.62. The van der Waals surface area contributed by atoms with Gasteiger partial charge in [0.2, 0.25) is 10.0 Å².